The minimum Gasteiger partial charge on any atom is -0.451 e. The summed E-state index contributed by atoms with van der Waals surface area (Å²) in [6.45, 7) is 3.19. The zero-order valence-electron chi connectivity index (χ0n) is 12.7. The van der Waals surface area contributed by atoms with E-state index in [9.17, 15) is 19.2 Å². The number of fused-ring (bicyclic) bond motifs is 1. The lowest BCUT2D eigenvalue weighted by Gasteiger charge is -2.16. The molecule has 0 aromatic carbocycles. The molecule has 1 N–H and O–H groups in total. The average molecular weight is 308 g/mol. The van der Waals surface area contributed by atoms with Gasteiger partial charge < -0.3 is 10.1 Å². The fourth-order valence-corrected chi connectivity index (χ4v) is 2.76. The van der Waals surface area contributed by atoms with Gasteiger partial charge in [-0.3, -0.25) is 24.1 Å². The van der Waals surface area contributed by atoms with Gasteiger partial charge in [-0.15, -0.1) is 0 Å². The molecule has 3 atom stereocenters. The third-order valence-electron chi connectivity index (χ3n) is 3.91. The Kier molecular flexibility index (Phi) is 4.95. The van der Waals surface area contributed by atoms with Crippen LogP contribution in [0.15, 0.2) is 12.2 Å². The van der Waals surface area contributed by atoms with E-state index in [-0.39, 0.29) is 23.7 Å². The Morgan fingerprint density at radius 3 is 2.32 bits per heavy atom. The largest absolute Gasteiger partial charge is 0.451 e. The van der Waals surface area contributed by atoms with Crippen LogP contribution in [0.1, 0.15) is 26.7 Å². The summed E-state index contributed by atoms with van der Waals surface area (Å²) in [7, 11) is 0. The molecular weight excluding hydrogens is 288 g/mol. The predicted molar refractivity (Wildman–Crippen MR) is 76.3 cm³/mol. The van der Waals surface area contributed by atoms with Gasteiger partial charge in [0.2, 0.25) is 11.8 Å². The third kappa shape index (κ3) is 3.18. The molecule has 1 aliphatic heterocycles. The van der Waals surface area contributed by atoms with Crippen LogP contribution >= 0.6 is 0 Å². The zero-order chi connectivity index (χ0) is 16.3. The molecule has 7 nitrogen and oxygen atoms in total. The van der Waals surface area contributed by atoms with Gasteiger partial charge in [0.05, 0.1) is 11.8 Å². The van der Waals surface area contributed by atoms with Crippen LogP contribution in [-0.2, 0) is 23.9 Å². The van der Waals surface area contributed by atoms with Crippen molar-refractivity contribution in [3.05, 3.63) is 12.2 Å². The molecule has 1 aliphatic carbocycles. The van der Waals surface area contributed by atoms with E-state index in [1.165, 1.54) is 6.92 Å². The molecule has 0 bridgehead atoms. The van der Waals surface area contributed by atoms with E-state index < -0.39 is 24.5 Å². The van der Waals surface area contributed by atoms with Crippen molar-refractivity contribution < 1.29 is 23.9 Å². The standard InChI is InChI=1S/C15H20N2O5/c1-3-16-13(19)9(2)22-12(18)8-17-14(20)10-6-4-5-7-11(10)15(17)21/h4-5,9-11H,3,6-8H2,1-2H3,(H,16,19)/t9-,10-,11+/m0/s1. The number of ether oxygens (including phenoxy) is 1. The molecule has 7 heteroatoms. The first-order chi connectivity index (χ1) is 10.5. The van der Waals surface area contributed by atoms with Gasteiger partial charge in [0.25, 0.3) is 5.91 Å². The second-order valence-corrected chi connectivity index (χ2v) is 5.45. The fourth-order valence-electron chi connectivity index (χ4n) is 2.76. The van der Waals surface area contributed by atoms with E-state index in [1.54, 1.807) is 6.92 Å². The number of imide groups is 1. The Morgan fingerprint density at radius 1 is 1.27 bits per heavy atom. The summed E-state index contributed by atoms with van der Waals surface area (Å²) in [5, 5.41) is 2.53. The predicted octanol–water partition coefficient (Wildman–Crippen LogP) is 0.00540. The molecule has 2 aliphatic rings. The van der Waals surface area contributed by atoms with E-state index in [4.69, 9.17) is 4.74 Å². The second-order valence-electron chi connectivity index (χ2n) is 5.45. The number of carbonyl (C=O) groups is 4. The Balaban J connectivity index is 1.93. The number of esters is 1. The smallest absolute Gasteiger partial charge is 0.326 e. The third-order valence-corrected chi connectivity index (χ3v) is 3.91. The molecule has 0 aromatic heterocycles. The van der Waals surface area contributed by atoms with E-state index in [1.807, 2.05) is 12.2 Å². The van der Waals surface area contributed by atoms with Gasteiger partial charge in [-0.1, -0.05) is 12.2 Å². The van der Waals surface area contributed by atoms with Crippen LogP contribution in [0.3, 0.4) is 0 Å². The maximum atomic E-state index is 12.2. The number of likely N-dealkylation sites (N-methyl/N-ethyl adjacent to an activating group) is 1. The van der Waals surface area contributed by atoms with Crippen LogP contribution in [0.4, 0.5) is 0 Å². The van der Waals surface area contributed by atoms with Crippen molar-refractivity contribution in [1.82, 2.24) is 10.2 Å². The molecule has 0 saturated carbocycles. The molecule has 120 valence electrons. The fraction of sp³-hybridized carbons (Fsp3) is 0.600. The number of nitrogens with zero attached hydrogens (tertiary/aromatic N) is 1. The van der Waals surface area contributed by atoms with Crippen molar-refractivity contribution in [1.29, 1.82) is 0 Å². The van der Waals surface area contributed by atoms with Crippen molar-refractivity contribution in [3.63, 3.8) is 0 Å². The normalized spacial score (nSPS) is 24.9. The topological polar surface area (TPSA) is 92.8 Å². The number of hydrogen-bond acceptors (Lipinski definition) is 5. The molecule has 22 heavy (non-hydrogen) atoms. The summed E-state index contributed by atoms with van der Waals surface area (Å²) in [4.78, 5) is 48.7. The first-order valence-corrected chi connectivity index (χ1v) is 7.43. The molecule has 0 aromatic rings. The zero-order valence-corrected chi connectivity index (χ0v) is 12.7. The van der Waals surface area contributed by atoms with Crippen molar-refractivity contribution in [2.75, 3.05) is 13.1 Å². The summed E-state index contributed by atoms with van der Waals surface area (Å²) in [5.74, 6) is -2.57. The summed E-state index contributed by atoms with van der Waals surface area (Å²) in [6.07, 6.45) is 3.85. The molecule has 1 heterocycles. The number of rotatable bonds is 5. The maximum absolute atomic E-state index is 12.2. The minimum absolute atomic E-state index is 0.332. The van der Waals surface area contributed by atoms with Gasteiger partial charge in [-0.2, -0.15) is 0 Å². The highest BCUT2D eigenvalue weighted by Gasteiger charge is 2.47. The van der Waals surface area contributed by atoms with E-state index in [0.29, 0.717) is 19.4 Å². The summed E-state index contributed by atoms with van der Waals surface area (Å²) in [5.41, 5.74) is 0. The Labute approximate surface area is 128 Å². The number of allylic oxidation sites excluding steroid dienone is 2. The second kappa shape index (κ2) is 6.72. The SMILES string of the molecule is CCNC(=O)[C@H](C)OC(=O)CN1C(=O)[C@H]2CC=CC[C@H]2C1=O. The number of likely N-dealkylation sites (tertiary alicyclic amines) is 1. The van der Waals surface area contributed by atoms with Gasteiger partial charge >= 0.3 is 5.97 Å². The molecular formula is C15H20N2O5. The highest BCUT2D eigenvalue weighted by molar-refractivity contribution is 6.07. The number of hydrogen-bond donors (Lipinski definition) is 1. The number of carbonyl (C=O) groups excluding carboxylic acids is 4. The van der Waals surface area contributed by atoms with Gasteiger partial charge in [0.15, 0.2) is 6.10 Å². The highest BCUT2D eigenvalue weighted by atomic mass is 16.5. The summed E-state index contributed by atoms with van der Waals surface area (Å²) in [6, 6.07) is 0. The van der Waals surface area contributed by atoms with Gasteiger partial charge in [0.1, 0.15) is 6.54 Å². The van der Waals surface area contributed by atoms with E-state index in [2.05, 4.69) is 5.32 Å². The van der Waals surface area contributed by atoms with E-state index >= 15 is 0 Å². The minimum atomic E-state index is -0.954. The molecule has 0 unspecified atom stereocenters. The van der Waals surface area contributed by atoms with Crippen LogP contribution in [0, 0.1) is 11.8 Å². The van der Waals surface area contributed by atoms with Crippen LogP contribution in [0.2, 0.25) is 0 Å². The summed E-state index contributed by atoms with van der Waals surface area (Å²) >= 11 is 0. The van der Waals surface area contributed by atoms with Gasteiger partial charge in [0, 0.05) is 6.54 Å². The van der Waals surface area contributed by atoms with Crippen LogP contribution in [0.5, 0.6) is 0 Å². The molecule has 0 spiro atoms. The van der Waals surface area contributed by atoms with Crippen LogP contribution in [-0.4, -0.2) is 47.8 Å². The first kappa shape index (κ1) is 16.2. The lowest BCUT2D eigenvalue weighted by molar-refractivity contribution is -0.159. The van der Waals surface area contributed by atoms with Crippen LogP contribution < -0.4 is 5.32 Å². The molecule has 0 radical (unpaired) electrons. The lowest BCUT2D eigenvalue weighted by atomic mass is 9.85. The number of nitrogens with one attached hydrogen (secondary N) is 1. The summed E-state index contributed by atoms with van der Waals surface area (Å²) < 4.78 is 4.96. The first-order valence-electron chi connectivity index (χ1n) is 7.43. The Bertz CT molecular complexity index is 502. The number of amides is 3. The van der Waals surface area contributed by atoms with Crippen molar-refractivity contribution in [3.8, 4) is 0 Å². The van der Waals surface area contributed by atoms with Crippen molar-refractivity contribution in [2.24, 2.45) is 11.8 Å². The van der Waals surface area contributed by atoms with Crippen molar-refractivity contribution >= 4 is 23.7 Å². The van der Waals surface area contributed by atoms with Crippen LogP contribution in [0.25, 0.3) is 0 Å². The molecule has 1 fully saturated rings. The average Bonchev–Trinajstić information content (AvgIpc) is 2.73. The Hall–Kier alpha value is -2.18. The maximum Gasteiger partial charge on any atom is 0.326 e. The quantitative estimate of drug-likeness (QED) is 0.438. The molecule has 3 amide bonds. The van der Waals surface area contributed by atoms with Gasteiger partial charge in [-0.25, -0.2) is 0 Å². The molecule has 2 rings (SSSR count). The monoisotopic (exact) mass is 308 g/mol. The van der Waals surface area contributed by atoms with E-state index in [0.717, 1.165) is 4.90 Å². The van der Waals surface area contributed by atoms with Gasteiger partial charge in [-0.05, 0) is 26.7 Å². The highest BCUT2D eigenvalue weighted by Crippen LogP contribution is 2.34. The lowest BCUT2D eigenvalue weighted by Crippen LogP contribution is -2.40. The Morgan fingerprint density at radius 2 is 1.82 bits per heavy atom. The van der Waals surface area contributed by atoms with Crippen molar-refractivity contribution in [2.45, 2.75) is 32.8 Å². The molecule has 1 saturated heterocycles.